The fourth-order valence-electron chi connectivity index (χ4n) is 0. The van der Waals surface area contributed by atoms with Crippen LogP contribution < -0.4 is 0 Å². The van der Waals surface area contributed by atoms with E-state index in [1.54, 1.807) is 0 Å². The molecule has 0 unspecified atom stereocenters. The van der Waals surface area contributed by atoms with Crippen molar-refractivity contribution in [3.8, 4) is 0 Å². The Bertz CT molecular complexity index is 64.3. The summed E-state index contributed by atoms with van der Waals surface area (Å²) in [5.74, 6) is 0. The Hall–Kier alpha value is 0.938. The van der Waals surface area contributed by atoms with Gasteiger partial charge in [-0.25, -0.2) is 0 Å². The van der Waals surface area contributed by atoms with E-state index in [0.717, 1.165) is 0 Å². The van der Waals surface area contributed by atoms with Crippen molar-refractivity contribution in [1.29, 1.82) is 0 Å². The molecule has 0 aromatic heterocycles. The molecule has 0 bridgehead atoms. The molecule has 8 heteroatoms. The van der Waals surface area contributed by atoms with E-state index in [1.807, 2.05) is 0 Å². The van der Waals surface area contributed by atoms with E-state index in [1.165, 1.54) is 0 Å². The van der Waals surface area contributed by atoms with Crippen molar-refractivity contribution in [2.75, 3.05) is 0 Å². The zero-order valence-electron chi connectivity index (χ0n) is 3.39. The van der Waals surface area contributed by atoms with Gasteiger partial charge < -0.3 is 0 Å². The van der Waals surface area contributed by atoms with Crippen LogP contribution in [-0.4, -0.2) is 38.6 Å². The van der Waals surface area contributed by atoms with Gasteiger partial charge in [-0.1, -0.05) is 0 Å². The van der Waals surface area contributed by atoms with E-state index < -0.39 is 20.1 Å². The third-order valence-corrected chi connectivity index (χ3v) is 0. The van der Waals surface area contributed by atoms with Crippen molar-refractivity contribution in [2.24, 2.45) is 0 Å². The van der Waals surface area contributed by atoms with Gasteiger partial charge in [-0.15, -0.1) is 0 Å². The first kappa shape index (κ1) is 11.7. The predicted molar refractivity (Wildman–Crippen MR) is 17.5 cm³/mol. The van der Waals surface area contributed by atoms with Gasteiger partial charge in [0.1, 0.15) is 0 Å². The third-order valence-electron chi connectivity index (χ3n) is 0. The Morgan fingerprint density at radius 2 is 1.12 bits per heavy atom. The molecule has 0 aliphatic carbocycles. The molecule has 0 aliphatic heterocycles. The maximum atomic E-state index is 8.97. The second-order valence-corrected chi connectivity index (χ2v) is 3.69. The van der Waals surface area contributed by atoms with Crippen LogP contribution in [0.2, 0.25) is 0 Å². The molecular weight excluding hydrogens is 281 g/mol. The van der Waals surface area contributed by atoms with E-state index in [-0.39, 0.29) is 15.6 Å². The second-order valence-electron chi connectivity index (χ2n) is 0.574. The summed E-state index contributed by atoms with van der Waals surface area (Å²) in [5.41, 5.74) is 0. The molecule has 57 valence electrons. The van der Waals surface area contributed by atoms with Gasteiger partial charge in [0.2, 0.25) is 0 Å². The van der Waals surface area contributed by atoms with E-state index >= 15 is 0 Å². The molecule has 0 aromatic carbocycles. The van der Waals surface area contributed by atoms with Crippen LogP contribution in [0.5, 0.6) is 0 Å². The van der Waals surface area contributed by atoms with E-state index in [2.05, 4.69) is 0 Å². The first-order chi connectivity index (χ1) is 3.41. The van der Waals surface area contributed by atoms with Crippen molar-refractivity contribution in [3.05, 3.63) is 0 Å². The molecule has 0 atom stereocenters. The molecule has 0 aliphatic rings. The first-order valence-corrected chi connectivity index (χ1v) is 6.36. The molecule has 0 saturated heterocycles. The summed E-state index contributed by atoms with van der Waals surface area (Å²) in [6.07, 6.45) is 0. The van der Waals surface area contributed by atoms with E-state index in [0.29, 0.717) is 0 Å². The average molecular weight is 286 g/mol. The second kappa shape index (κ2) is 6.06. The number of hydrogen-bond acceptors (Lipinski definition) is 3. The summed E-state index contributed by atoms with van der Waals surface area (Å²) in [6.45, 7) is 0. The minimum absolute atomic E-state index is 0.188. The molecule has 0 radical (unpaired) electrons. The van der Waals surface area contributed by atoms with E-state index in [9.17, 15) is 0 Å². The summed E-state index contributed by atoms with van der Waals surface area (Å²) in [7, 11) is 0. The van der Waals surface area contributed by atoms with Crippen molar-refractivity contribution >= 4 is 20.1 Å². The van der Waals surface area contributed by atoms with Crippen LogP contribution in [0.15, 0.2) is 0 Å². The molecular formula is H5CuO6Sb. The van der Waals surface area contributed by atoms with Gasteiger partial charge in [0.25, 0.3) is 0 Å². The molecule has 0 saturated carbocycles. The van der Waals surface area contributed by atoms with Gasteiger partial charge in [0.05, 0.1) is 0 Å². The third kappa shape index (κ3) is 278. The molecule has 6 nitrogen and oxygen atoms in total. The monoisotopic (exact) mass is 285 g/mol. The zero-order valence-corrected chi connectivity index (χ0v) is 6.89. The molecule has 8 heavy (non-hydrogen) atoms. The Morgan fingerprint density at radius 1 is 1.12 bits per heavy atom. The zero-order chi connectivity index (χ0) is 7.21. The predicted octanol–water partition coefficient (Wildman–Crippen LogP) is -3.29. The van der Waals surface area contributed by atoms with Crippen molar-refractivity contribution in [3.63, 3.8) is 0 Å². The molecule has 0 amide bonds. The number of hydrogen-bond donors (Lipinski definition) is 5. The molecule has 0 fully saturated rings. The first-order valence-electron chi connectivity index (χ1n) is 1.05. The van der Waals surface area contributed by atoms with Gasteiger partial charge in [0, 0.05) is 0 Å². The van der Waals surface area contributed by atoms with Crippen LogP contribution in [0.3, 0.4) is 0 Å². The van der Waals surface area contributed by atoms with Gasteiger partial charge in [-0.2, -0.15) is 0 Å². The van der Waals surface area contributed by atoms with Crippen LogP contribution in [0.25, 0.3) is 0 Å². The summed E-state index contributed by atoms with van der Waals surface area (Å²) in [4.78, 5) is 0. The molecule has 0 heterocycles. The Labute approximate surface area is 57.3 Å². The van der Waals surface area contributed by atoms with Crippen LogP contribution in [-0.2, 0) is 18.6 Å². The normalized spacial score (nSPS) is 10.1. The summed E-state index contributed by atoms with van der Waals surface area (Å²) < 4.78 is 44.9. The van der Waals surface area contributed by atoms with Gasteiger partial charge >= 0.3 is 57.2 Å². The van der Waals surface area contributed by atoms with Crippen LogP contribution in [0.4, 0.5) is 0 Å². The molecule has 0 aromatic rings. The van der Waals surface area contributed by atoms with Crippen molar-refractivity contribution < 1.29 is 37.2 Å². The van der Waals surface area contributed by atoms with Gasteiger partial charge in [-0.05, 0) is 0 Å². The van der Waals surface area contributed by atoms with Gasteiger partial charge in [0.15, 0.2) is 0 Å². The standard InChI is InChI=1S/Cu.5H2O.O.Sb/h;5*1H2;;/q+2;;;;;;;+3/p-5. The van der Waals surface area contributed by atoms with Crippen LogP contribution in [0.1, 0.15) is 0 Å². The molecule has 0 spiro atoms. The number of rotatable bonds is 0. The SMILES string of the molecule is [OH][Cu][OH].[O]=[Sb]([OH])([OH])[OH]. The summed E-state index contributed by atoms with van der Waals surface area (Å²) in [6, 6.07) is 0. The fraction of sp³-hybridized carbons (Fsp3) is 0. The minimum atomic E-state index is -5.35. The Morgan fingerprint density at radius 3 is 1.12 bits per heavy atom. The van der Waals surface area contributed by atoms with E-state index in [4.69, 9.17) is 21.6 Å². The Kier molecular flexibility index (Phi) is 8.87. The average Bonchev–Trinajstić information content (AvgIpc) is 1.27. The fourth-order valence-corrected chi connectivity index (χ4v) is 0. The Balaban J connectivity index is 0. The maximum absolute atomic E-state index is 8.97. The molecule has 0 rings (SSSR count). The topological polar surface area (TPSA) is 118 Å². The quantitative estimate of drug-likeness (QED) is 0.298. The van der Waals surface area contributed by atoms with Crippen LogP contribution in [0, 0.1) is 0 Å². The van der Waals surface area contributed by atoms with Crippen molar-refractivity contribution in [1.82, 2.24) is 0 Å². The summed E-state index contributed by atoms with van der Waals surface area (Å²) >= 11 is -5.54. The van der Waals surface area contributed by atoms with Crippen molar-refractivity contribution in [2.45, 2.75) is 0 Å². The van der Waals surface area contributed by atoms with Crippen LogP contribution >= 0.6 is 0 Å². The molecule has 5 N–H and O–H groups in total. The van der Waals surface area contributed by atoms with Gasteiger partial charge in [-0.3, -0.25) is 0 Å². The summed E-state index contributed by atoms with van der Waals surface area (Å²) in [5, 5.41) is 0.